The number of carbonyl (C=O) groups excluding carboxylic acids is 1. The summed E-state index contributed by atoms with van der Waals surface area (Å²) in [4.78, 5) is 28.5. The molecule has 0 unspecified atom stereocenters. The van der Waals surface area contributed by atoms with Crippen molar-refractivity contribution in [3.05, 3.63) is 82.7 Å². The number of methoxy groups -OCH3 is 2. The van der Waals surface area contributed by atoms with E-state index < -0.39 is 10.8 Å². The lowest BCUT2D eigenvalue weighted by Crippen LogP contribution is -2.15. The molecular weight excluding hydrogens is 400 g/mol. The van der Waals surface area contributed by atoms with E-state index in [9.17, 15) is 14.9 Å². The van der Waals surface area contributed by atoms with Crippen molar-refractivity contribution < 1.29 is 19.2 Å². The van der Waals surface area contributed by atoms with Gasteiger partial charge in [0.05, 0.1) is 36.6 Å². The second-order valence-electron chi connectivity index (χ2n) is 6.57. The highest BCUT2D eigenvalue weighted by Crippen LogP contribution is 2.35. The van der Waals surface area contributed by atoms with E-state index in [4.69, 9.17) is 9.47 Å². The number of carbonyl (C=O) groups is 1. The van der Waals surface area contributed by atoms with E-state index in [1.807, 2.05) is 47.1 Å². The van der Waals surface area contributed by atoms with Crippen LogP contribution in [-0.4, -0.2) is 34.4 Å². The first-order valence-electron chi connectivity index (χ1n) is 9.26. The number of aromatic nitrogens is 2. The molecule has 156 valence electrons. The van der Waals surface area contributed by atoms with Gasteiger partial charge >= 0.3 is 0 Å². The number of anilines is 1. The molecule has 0 fully saturated rings. The first-order valence-corrected chi connectivity index (χ1v) is 9.26. The monoisotopic (exact) mass is 418 g/mol. The average molecular weight is 418 g/mol. The molecule has 4 aromatic rings. The average Bonchev–Trinajstić information content (AvgIpc) is 3.22. The van der Waals surface area contributed by atoms with Crippen LogP contribution in [0.2, 0.25) is 0 Å². The molecule has 2 heterocycles. The smallest absolute Gasteiger partial charge is 0.286 e. The minimum atomic E-state index is -0.649. The minimum absolute atomic E-state index is 0.146. The van der Waals surface area contributed by atoms with Gasteiger partial charge in [0.25, 0.3) is 11.6 Å². The molecule has 0 atom stereocenters. The quantitative estimate of drug-likeness (QED) is 0.372. The van der Waals surface area contributed by atoms with Gasteiger partial charge in [0.15, 0.2) is 11.5 Å². The molecule has 0 radical (unpaired) electrons. The van der Waals surface area contributed by atoms with Crippen LogP contribution in [0.25, 0.3) is 16.9 Å². The molecule has 2 aromatic heterocycles. The Balaban J connectivity index is 1.74. The van der Waals surface area contributed by atoms with Gasteiger partial charge in [0.2, 0.25) is 0 Å². The number of hydrogen-bond donors (Lipinski definition) is 1. The Morgan fingerprint density at radius 3 is 2.48 bits per heavy atom. The fourth-order valence-corrected chi connectivity index (χ4v) is 3.27. The Labute approximate surface area is 177 Å². The summed E-state index contributed by atoms with van der Waals surface area (Å²) in [6, 6.07) is 15.2. The van der Waals surface area contributed by atoms with E-state index in [0.29, 0.717) is 16.9 Å². The van der Waals surface area contributed by atoms with E-state index in [0.717, 1.165) is 5.65 Å². The lowest BCUT2D eigenvalue weighted by molar-refractivity contribution is -0.385. The minimum Gasteiger partial charge on any atom is -0.493 e. The summed E-state index contributed by atoms with van der Waals surface area (Å²) in [5, 5.41) is 14.3. The summed E-state index contributed by atoms with van der Waals surface area (Å²) in [7, 11) is 2.76. The number of nitro benzene ring substituents is 1. The number of rotatable bonds is 6. The molecule has 0 aliphatic carbocycles. The third-order valence-corrected chi connectivity index (χ3v) is 4.76. The summed E-state index contributed by atoms with van der Waals surface area (Å²) < 4.78 is 12.2. The van der Waals surface area contributed by atoms with Crippen molar-refractivity contribution in [2.45, 2.75) is 0 Å². The first kappa shape index (κ1) is 19.9. The number of imidazole rings is 1. The van der Waals surface area contributed by atoms with Crippen LogP contribution in [0.1, 0.15) is 10.4 Å². The molecule has 0 saturated carbocycles. The summed E-state index contributed by atoms with van der Waals surface area (Å²) in [6.45, 7) is 0. The van der Waals surface area contributed by atoms with Crippen molar-refractivity contribution in [2.75, 3.05) is 19.5 Å². The maximum Gasteiger partial charge on any atom is 0.286 e. The molecule has 1 N–H and O–H groups in total. The number of benzene rings is 2. The number of nitrogens with one attached hydrogen (secondary N) is 1. The lowest BCUT2D eigenvalue weighted by atomic mass is 10.1. The van der Waals surface area contributed by atoms with E-state index >= 15 is 0 Å². The predicted octanol–water partition coefficient (Wildman–Crippen LogP) is 4.18. The Morgan fingerprint density at radius 2 is 1.77 bits per heavy atom. The van der Waals surface area contributed by atoms with E-state index in [2.05, 4.69) is 10.3 Å². The Morgan fingerprint density at radius 1 is 1.06 bits per heavy atom. The van der Waals surface area contributed by atoms with Crippen LogP contribution in [-0.2, 0) is 0 Å². The Bertz CT molecular complexity index is 1270. The summed E-state index contributed by atoms with van der Waals surface area (Å²) >= 11 is 0. The standard InChI is InChI=1S/C22H18N4O5/c1-30-19-11-15(18(26(28)29)12-20(19)31-2)22(27)24-16-8-4-3-7-14(16)17-13-25-10-6-5-9-21(25)23-17/h3-13H,1-2H3,(H,24,27). The summed E-state index contributed by atoms with van der Waals surface area (Å²) in [5.41, 5.74) is 2.04. The van der Waals surface area contributed by atoms with Gasteiger partial charge in [-0.2, -0.15) is 0 Å². The van der Waals surface area contributed by atoms with Crippen molar-refractivity contribution in [1.29, 1.82) is 0 Å². The van der Waals surface area contributed by atoms with Crippen LogP contribution in [0.3, 0.4) is 0 Å². The van der Waals surface area contributed by atoms with Crippen molar-refractivity contribution in [3.63, 3.8) is 0 Å². The van der Waals surface area contributed by atoms with Gasteiger partial charge in [-0.1, -0.05) is 24.3 Å². The molecule has 9 nitrogen and oxygen atoms in total. The predicted molar refractivity (Wildman–Crippen MR) is 115 cm³/mol. The highest BCUT2D eigenvalue weighted by atomic mass is 16.6. The van der Waals surface area contributed by atoms with Crippen LogP contribution in [0, 0.1) is 10.1 Å². The van der Waals surface area contributed by atoms with E-state index in [-0.39, 0.29) is 22.7 Å². The van der Waals surface area contributed by atoms with Gasteiger partial charge in [-0.25, -0.2) is 4.98 Å². The third-order valence-electron chi connectivity index (χ3n) is 4.76. The van der Waals surface area contributed by atoms with Crippen molar-refractivity contribution >= 4 is 22.9 Å². The van der Waals surface area contributed by atoms with Gasteiger partial charge < -0.3 is 19.2 Å². The molecule has 1 amide bonds. The zero-order valence-corrected chi connectivity index (χ0v) is 16.7. The number of ether oxygens (including phenoxy) is 2. The molecule has 0 saturated heterocycles. The first-order chi connectivity index (χ1) is 15.0. The van der Waals surface area contributed by atoms with Gasteiger partial charge in [0, 0.05) is 24.0 Å². The van der Waals surface area contributed by atoms with Gasteiger partial charge in [-0.05, 0) is 18.2 Å². The lowest BCUT2D eigenvalue weighted by Gasteiger charge is -2.12. The van der Waals surface area contributed by atoms with Crippen LogP contribution in [0.4, 0.5) is 11.4 Å². The van der Waals surface area contributed by atoms with Crippen molar-refractivity contribution in [3.8, 4) is 22.8 Å². The maximum absolute atomic E-state index is 13.0. The zero-order valence-electron chi connectivity index (χ0n) is 16.7. The van der Waals surface area contributed by atoms with Crippen LogP contribution >= 0.6 is 0 Å². The Kier molecular flexibility index (Phi) is 5.23. The highest BCUT2D eigenvalue weighted by molar-refractivity contribution is 6.09. The maximum atomic E-state index is 13.0. The number of hydrogen-bond acceptors (Lipinski definition) is 6. The molecule has 0 aliphatic heterocycles. The highest BCUT2D eigenvalue weighted by Gasteiger charge is 2.25. The normalized spacial score (nSPS) is 10.6. The van der Waals surface area contributed by atoms with E-state index in [1.54, 1.807) is 12.1 Å². The molecule has 0 spiro atoms. The third kappa shape index (κ3) is 3.76. The number of para-hydroxylation sites is 1. The van der Waals surface area contributed by atoms with Crippen molar-refractivity contribution in [2.24, 2.45) is 0 Å². The van der Waals surface area contributed by atoms with E-state index in [1.165, 1.54) is 26.4 Å². The van der Waals surface area contributed by atoms with Crippen LogP contribution in [0.5, 0.6) is 11.5 Å². The second kappa shape index (κ2) is 8.15. The van der Waals surface area contributed by atoms with Gasteiger partial charge in [-0.3, -0.25) is 14.9 Å². The molecular formula is C22H18N4O5. The van der Waals surface area contributed by atoms with Crippen LogP contribution in [0.15, 0.2) is 67.0 Å². The molecule has 2 aromatic carbocycles. The Hall–Kier alpha value is -4.40. The number of pyridine rings is 1. The number of nitro groups is 1. The van der Waals surface area contributed by atoms with Crippen LogP contribution < -0.4 is 14.8 Å². The van der Waals surface area contributed by atoms with Crippen molar-refractivity contribution in [1.82, 2.24) is 9.38 Å². The fourth-order valence-electron chi connectivity index (χ4n) is 3.27. The number of nitrogens with zero attached hydrogens (tertiary/aromatic N) is 3. The molecule has 4 rings (SSSR count). The molecule has 0 aliphatic rings. The summed E-state index contributed by atoms with van der Waals surface area (Å²) in [5.74, 6) is -0.272. The number of fused-ring (bicyclic) bond motifs is 1. The zero-order chi connectivity index (χ0) is 22.0. The van der Waals surface area contributed by atoms with Gasteiger partial charge in [0.1, 0.15) is 11.2 Å². The number of amides is 1. The SMILES string of the molecule is COc1cc(C(=O)Nc2ccccc2-c2cn3ccccc3n2)c([N+](=O)[O-])cc1OC. The topological polar surface area (TPSA) is 108 Å². The molecule has 9 heteroatoms. The largest absolute Gasteiger partial charge is 0.493 e. The summed E-state index contributed by atoms with van der Waals surface area (Å²) in [6.07, 6.45) is 3.72. The fraction of sp³-hybridized carbons (Fsp3) is 0.0909. The second-order valence-corrected chi connectivity index (χ2v) is 6.57. The molecule has 0 bridgehead atoms. The van der Waals surface area contributed by atoms with Gasteiger partial charge in [-0.15, -0.1) is 0 Å². The molecule has 31 heavy (non-hydrogen) atoms.